The van der Waals surface area contributed by atoms with Crippen LogP contribution in [0.5, 0.6) is 0 Å². The molecule has 4 rings (SSSR count). The van der Waals surface area contributed by atoms with Crippen molar-refractivity contribution in [2.75, 3.05) is 30.9 Å². The van der Waals surface area contributed by atoms with Crippen molar-refractivity contribution in [1.29, 1.82) is 0 Å². The molecule has 2 fully saturated rings. The minimum absolute atomic E-state index is 0.0896. The number of pyridine rings is 1. The van der Waals surface area contributed by atoms with E-state index in [2.05, 4.69) is 57.9 Å². The lowest BCUT2D eigenvalue weighted by atomic mass is 9.82. The van der Waals surface area contributed by atoms with Crippen molar-refractivity contribution in [2.45, 2.75) is 57.1 Å². The van der Waals surface area contributed by atoms with Crippen LogP contribution >= 0.6 is 0 Å². The maximum Gasteiger partial charge on any atom is 0.208 e. The van der Waals surface area contributed by atoms with Gasteiger partial charge in [-0.1, -0.05) is 36.4 Å². The summed E-state index contributed by atoms with van der Waals surface area (Å²) in [5.74, 6) is 1.69. The van der Waals surface area contributed by atoms with E-state index in [1.807, 2.05) is 12.3 Å². The molecule has 1 saturated heterocycles. The van der Waals surface area contributed by atoms with Crippen molar-refractivity contribution in [3.05, 3.63) is 59.8 Å². The molecule has 0 amide bonds. The van der Waals surface area contributed by atoms with Gasteiger partial charge in [-0.15, -0.1) is 0 Å². The summed E-state index contributed by atoms with van der Waals surface area (Å²) in [7, 11) is -3.27. The van der Waals surface area contributed by atoms with E-state index in [1.165, 1.54) is 11.8 Å². The molecule has 2 aromatic rings. The molecule has 1 aromatic heterocycles. The molecule has 0 radical (unpaired) electrons. The zero-order chi connectivity index (χ0) is 22.6. The molecular weight excluding hydrogens is 422 g/mol. The summed E-state index contributed by atoms with van der Waals surface area (Å²) in [6.45, 7) is 4.16. The lowest BCUT2D eigenvalue weighted by Crippen LogP contribution is -2.53. The number of hydrogen-bond donors (Lipinski definition) is 1. The van der Waals surface area contributed by atoms with Crippen molar-refractivity contribution in [3.63, 3.8) is 0 Å². The molecule has 2 aliphatic rings. The predicted molar refractivity (Wildman–Crippen MR) is 128 cm³/mol. The summed E-state index contributed by atoms with van der Waals surface area (Å²) in [4.78, 5) is 6.84. The van der Waals surface area contributed by atoms with Gasteiger partial charge in [0, 0.05) is 31.2 Å². The third kappa shape index (κ3) is 6.09. The number of sulfonamides is 1. The Morgan fingerprint density at radius 1 is 1.06 bits per heavy atom. The second kappa shape index (κ2) is 10.3. The summed E-state index contributed by atoms with van der Waals surface area (Å²) in [6, 6.07) is 14.7. The second-order valence-electron chi connectivity index (χ2n) is 9.35. The molecule has 0 spiro atoms. The van der Waals surface area contributed by atoms with Crippen LogP contribution in [0, 0.1) is 12.8 Å². The zero-order valence-electron chi connectivity index (χ0n) is 19.1. The van der Waals surface area contributed by atoms with Crippen molar-refractivity contribution in [1.82, 2.24) is 9.71 Å². The van der Waals surface area contributed by atoms with Gasteiger partial charge in [-0.05, 0) is 62.1 Å². The Labute approximate surface area is 192 Å². The maximum absolute atomic E-state index is 11.9. The van der Waals surface area contributed by atoms with Gasteiger partial charge in [0.1, 0.15) is 5.82 Å². The van der Waals surface area contributed by atoms with E-state index in [-0.39, 0.29) is 18.1 Å². The third-order valence-electron chi connectivity index (χ3n) is 6.87. The average Bonchev–Trinajstić information content (AvgIpc) is 2.79. The van der Waals surface area contributed by atoms with E-state index in [4.69, 9.17) is 4.74 Å². The first-order valence-corrected chi connectivity index (χ1v) is 13.6. The minimum atomic E-state index is -3.27. The van der Waals surface area contributed by atoms with Crippen LogP contribution in [0.25, 0.3) is 0 Å². The van der Waals surface area contributed by atoms with Crippen LogP contribution in [0.3, 0.4) is 0 Å². The number of piperidine rings is 1. The largest absolute Gasteiger partial charge is 0.378 e. The quantitative estimate of drug-likeness (QED) is 0.683. The van der Waals surface area contributed by atoms with Gasteiger partial charge in [-0.2, -0.15) is 0 Å². The van der Waals surface area contributed by atoms with Crippen molar-refractivity contribution in [3.8, 4) is 0 Å². The number of nitrogens with zero attached hydrogens (tertiary/aromatic N) is 2. The van der Waals surface area contributed by atoms with E-state index in [1.54, 1.807) is 0 Å². The number of anilines is 1. The average molecular weight is 458 g/mol. The number of benzene rings is 1. The molecule has 1 N–H and O–H groups in total. The van der Waals surface area contributed by atoms with Crippen LogP contribution in [0.15, 0.2) is 48.7 Å². The Hall–Kier alpha value is -1.96. The Balaban J connectivity index is 1.36. The number of nitrogens with one attached hydrogen (secondary N) is 1. The first kappa shape index (κ1) is 23.2. The fraction of sp³-hybridized carbons (Fsp3) is 0.560. The number of aryl methyl sites for hydroxylation is 1. The highest BCUT2D eigenvalue weighted by atomic mass is 32.2. The molecular formula is C25H35N3O3S. The van der Waals surface area contributed by atoms with E-state index < -0.39 is 10.0 Å². The van der Waals surface area contributed by atoms with E-state index in [9.17, 15) is 8.42 Å². The Kier molecular flexibility index (Phi) is 7.48. The fourth-order valence-electron chi connectivity index (χ4n) is 5.18. The first-order chi connectivity index (χ1) is 15.4. The summed E-state index contributed by atoms with van der Waals surface area (Å²) >= 11 is 0. The van der Waals surface area contributed by atoms with E-state index in [0.717, 1.165) is 56.6 Å². The topological polar surface area (TPSA) is 71.5 Å². The first-order valence-electron chi connectivity index (χ1n) is 11.7. The van der Waals surface area contributed by atoms with Crippen molar-refractivity contribution >= 4 is 15.8 Å². The number of rotatable bonds is 7. The van der Waals surface area contributed by atoms with Crippen LogP contribution in [-0.4, -0.2) is 51.5 Å². The van der Waals surface area contributed by atoms with Crippen LogP contribution in [0.1, 0.15) is 49.1 Å². The van der Waals surface area contributed by atoms with Gasteiger partial charge in [-0.3, -0.25) is 0 Å². The van der Waals surface area contributed by atoms with E-state index >= 15 is 0 Å². The minimum Gasteiger partial charge on any atom is -0.378 e. The monoisotopic (exact) mass is 457 g/mol. The predicted octanol–water partition coefficient (Wildman–Crippen LogP) is 3.88. The molecule has 0 bridgehead atoms. The summed E-state index contributed by atoms with van der Waals surface area (Å²) < 4.78 is 33.1. The molecule has 1 aliphatic carbocycles. The smallest absolute Gasteiger partial charge is 0.208 e. The van der Waals surface area contributed by atoms with Crippen molar-refractivity contribution < 1.29 is 13.2 Å². The summed E-state index contributed by atoms with van der Waals surface area (Å²) in [6.07, 6.45) is 8.45. The Bertz CT molecular complexity index is 975. The third-order valence-corrected chi connectivity index (χ3v) is 7.60. The van der Waals surface area contributed by atoms with Gasteiger partial charge >= 0.3 is 0 Å². The lowest BCUT2D eigenvalue weighted by molar-refractivity contribution is -0.00214. The van der Waals surface area contributed by atoms with Crippen LogP contribution < -0.4 is 9.62 Å². The number of ether oxygens (including phenoxy) is 1. The van der Waals surface area contributed by atoms with Gasteiger partial charge in [0.2, 0.25) is 10.0 Å². The highest BCUT2D eigenvalue weighted by Crippen LogP contribution is 2.34. The SMILES string of the molecule is Cc1cccnc1N1CCC(NS(C)(=O)=O)C(COC2CCC(c3ccccc3)CC2)C1. The molecule has 6 nitrogen and oxygen atoms in total. The zero-order valence-corrected chi connectivity index (χ0v) is 19.9. The Morgan fingerprint density at radius 3 is 2.50 bits per heavy atom. The normalized spacial score (nSPS) is 26.8. The number of aromatic nitrogens is 1. The van der Waals surface area contributed by atoms with Gasteiger partial charge in [0.15, 0.2) is 0 Å². The van der Waals surface area contributed by atoms with Gasteiger partial charge in [0.05, 0.1) is 19.0 Å². The summed E-state index contributed by atoms with van der Waals surface area (Å²) in [5, 5.41) is 0. The van der Waals surface area contributed by atoms with E-state index in [0.29, 0.717) is 12.5 Å². The van der Waals surface area contributed by atoms with Gasteiger partial charge < -0.3 is 9.64 Å². The lowest BCUT2D eigenvalue weighted by Gasteiger charge is -2.40. The van der Waals surface area contributed by atoms with Crippen molar-refractivity contribution in [2.24, 2.45) is 5.92 Å². The molecule has 2 heterocycles. The molecule has 1 aliphatic heterocycles. The van der Waals surface area contributed by atoms with Crippen LogP contribution in [0.4, 0.5) is 5.82 Å². The molecule has 2 unspecified atom stereocenters. The Morgan fingerprint density at radius 2 is 1.81 bits per heavy atom. The van der Waals surface area contributed by atoms with Gasteiger partial charge in [-0.25, -0.2) is 18.1 Å². The fourth-order valence-corrected chi connectivity index (χ4v) is 6.04. The van der Waals surface area contributed by atoms with Crippen LogP contribution in [-0.2, 0) is 14.8 Å². The molecule has 1 saturated carbocycles. The molecule has 7 heteroatoms. The highest BCUT2D eigenvalue weighted by Gasteiger charge is 2.33. The maximum atomic E-state index is 11.9. The number of hydrogen-bond acceptors (Lipinski definition) is 5. The molecule has 2 atom stereocenters. The van der Waals surface area contributed by atoms with Gasteiger partial charge in [0.25, 0.3) is 0 Å². The molecule has 174 valence electrons. The second-order valence-corrected chi connectivity index (χ2v) is 11.1. The highest BCUT2D eigenvalue weighted by molar-refractivity contribution is 7.88. The molecule has 32 heavy (non-hydrogen) atoms. The van der Waals surface area contributed by atoms with Crippen LogP contribution in [0.2, 0.25) is 0 Å². The summed E-state index contributed by atoms with van der Waals surface area (Å²) in [5.41, 5.74) is 2.57. The molecule has 1 aromatic carbocycles. The standard InChI is InChI=1S/C25H35N3O3S/c1-19-7-6-15-26-25(19)28-16-14-24(27-32(2,29)30)22(17-28)18-31-23-12-10-21(11-13-23)20-8-4-3-5-9-20/h3-9,15,21-24,27H,10-14,16-18H2,1-2H3.